The maximum Gasteiger partial charge on any atom is 0.325 e. The van der Waals surface area contributed by atoms with E-state index in [2.05, 4.69) is 31.5 Å². The van der Waals surface area contributed by atoms with E-state index < -0.39 is 6.03 Å². The lowest BCUT2D eigenvalue weighted by Gasteiger charge is -2.23. The molecule has 1 fully saturated rings. The number of nitriles is 1. The molecule has 33 heavy (non-hydrogen) atoms. The Morgan fingerprint density at radius 1 is 1.09 bits per heavy atom. The Balaban J connectivity index is 1.22. The smallest absolute Gasteiger partial charge is 0.325 e. The predicted molar refractivity (Wildman–Crippen MR) is 121 cm³/mol. The van der Waals surface area contributed by atoms with Crippen LogP contribution in [-0.4, -0.2) is 67.8 Å². The summed E-state index contributed by atoms with van der Waals surface area (Å²) in [6.45, 7) is 4.60. The van der Waals surface area contributed by atoms with Gasteiger partial charge in [0.05, 0.1) is 5.56 Å². The van der Waals surface area contributed by atoms with Crippen LogP contribution in [0.25, 0.3) is 0 Å². The highest BCUT2D eigenvalue weighted by atomic mass is 16.6. The van der Waals surface area contributed by atoms with Crippen molar-refractivity contribution < 1.29 is 19.1 Å². The van der Waals surface area contributed by atoms with E-state index >= 15 is 0 Å². The van der Waals surface area contributed by atoms with Gasteiger partial charge in [0.1, 0.15) is 25.1 Å². The summed E-state index contributed by atoms with van der Waals surface area (Å²) in [5.41, 5.74) is 1.08. The van der Waals surface area contributed by atoms with Crippen LogP contribution in [0.4, 0.5) is 16.3 Å². The highest BCUT2D eigenvalue weighted by molar-refractivity contribution is 6.01. The van der Waals surface area contributed by atoms with E-state index in [1.807, 2.05) is 0 Å². The molecule has 2 aromatic rings. The van der Waals surface area contributed by atoms with E-state index in [0.717, 1.165) is 32.6 Å². The van der Waals surface area contributed by atoms with Gasteiger partial charge >= 0.3 is 6.03 Å². The fraction of sp³-hybridized carbons (Fsp3) is 0.391. The molecule has 10 heteroatoms. The average molecular weight is 450 g/mol. The molecule has 0 bridgehead atoms. The summed E-state index contributed by atoms with van der Waals surface area (Å²) in [5, 5.41) is 14.3. The van der Waals surface area contributed by atoms with E-state index in [4.69, 9.17) is 9.47 Å². The van der Waals surface area contributed by atoms with Crippen LogP contribution in [0.15, 0.2) is 36.5 Å². The third-order valence-corrected chi connectivity index (χ3v) is 5.50. The van der Waals surface area contributed by atoms with Crippen LogP contribution in [0.2, 0.25) is 0 Å². The van der Waals surface area contributed by atoms with Gasteiger partial charge in [-0.25, -0.2) is 9.78 Å². The molecule has 1 aromatic carbocycles. The van der Waals surface area contributed by atoms with Crippen molar-refractivity contribution in [1.82, 2.24) is 15.2 Å². The third kappa shape index (κ3) is 5.90. The topological polar surface area (TPSA) is 120 Å². The number of imide groups is 1. The Hall–Kier alpha value is -3.84. The maximum absolute atomic E-state index is 12.3. The monoisotopic (exact) mass is 450 g/mol. The van der Waals surface area contributed by atoms with Crippen molar-refractivity contribution in [3.63, 3.8) is 0 Å². The Labute approximate surface area is 192 Å². The van der Waals surface area contributed by atoms with Crippen molar-refractivity contribution in [3.05, 3.63) is 42.1 Å². The molecule has 4 rings (SSSR count). The SMILES string of the molecule is N#Cc1cccnc1N1CCCN(CCC(=O)NC(=O)Nc2ccc3c(c2)OCCO3)CC1. The minimum Gasteiger partial charge on any atom is -0.486 e. The first-order valence-corrected chi connectivity index (χ1v) is 11.0. The number of carbonyl (C=O) groups is 2. The van der Waals surface area contributed by atoms with Gasteiger partial charge in [-0.3, -0.25) is 10.1 Å². The number of aromatic nitrogens is 1. The zero-order chi connectivity index (χ0) is 23.0. The quantitative estimate of drug-likeness (QED) is 0.710. The summed E-state index contributed by atoms with van der Waals surface area (Å²) in [5.74, 6) is 1.55. The largest absolute Gasteiger partial charge is 0.486 e. The van der Waals surface area contributed by atoms with Crippen molar-refractivity contribution in [2.75, 3.05) is 56.2 Å². The summed E-state index contributed by atoms with van der Waals surface area (Å²) in [7, 11) is 0. The number of fused-ring (bicyclic) bond motifs is 1. The van der Waals surface area contributed by atoms with E-state index in [9.17, 15) is 14.9 Å². The molecule has 0 spiro atoms. The summed E-state index contributed by atoms with van der Waals surface area (Å²) < 4.78 is 11.0. The molecule has 1 aromatic heterocycles. The van der Waals surface area contributed by atoms with Crippen LogP contribution in [0.5, 0.6) is 11.5 Å². The second kappa shape index (κ2) is 10.7. The standard InChI is InChI=1S/C23H26N6O4/c24-16-17-3-1-7-25-22(17)29-9-2-8-28(11-12-29)10-6-21(30)27-23(31)26-18-4-5-19-20(15-18)33-14-13-32-19/h1,3-5,7,15H,2,6,8-14H2,(H2,26,27,30,31). The third-order valence-electron chi connectivity index (χ3n) is 5.50. The van der Waals surface area contributed by atoms with Gasteiger partial charge < -0.3 is 24.6 Å². The minimum atomic E-state index is -0.585. The predicted octanol–water partition coefficient (Wildman–Crippen LogP) is 1.97. The van der Waals surface area contributed by atoms with Crippen molar-refractivity contribution in [2.24, 2.45) is 0 Å². The molecule has 2 aliphatic rings. The van der Waals surface area contributed by atoms with Gasteiger partial charge in [-0.05, 0) is 37.2 Å². The normalized spacial score (nSPS) is 15.8. The number of nitrogens with one attached hydrogen (secondary N) is 2. The Kier molecular flexibility index (Phi) is 7.22. The summed E-state index contributed by atoms with van der Waals surface area (Å²) in [6, 6.07) is 10.2. The van der Waals surface area contributed by atoms with Gasteiger partial charge in [0.2, 0.25) is 5.91 Å². The molecule has 172 valence electrons. The van der Waals surface area contributed by atoms with Crippen LogP contribution >= 0.6 is 0 Å². The number of amides is 3. The average Bonchev–Trinajstić information content (AvgIpc) is 3.08. The number of nitrogens with zero attached hydrogens (tertiary/aromatic N) is 4. The van der Waals surface area contributed by atoms with Crippen molar-refractivity contribution in [2.45, 2.75) is 12.8 Å². The first kappa shape index (κ1) is 22.4. The fourth-order valence-electron chi connectivity index (χ4n) is 3.87. The van der Waals surface area contributed by atoms with Crippen molar-refractivity contribution in [1.29, 1.82) is 5.26 Å². The van der Waals surface area contributed by atoms with E-state index in [1.54, 1.807) is 36.5 Å². The Morgan fingerprint density at radius 2 is 1.94 bits per heavy atom. The molecule has 2 aliphatic heterocycles. The first-order chi connectivity index (χ1) is 16.1. The highest BCUT2D eigenvalue weighted by Gasteiger charge is 2.19. The molecule has 0 unspecified atom stereocenters. The molecule has 2 N–H and O–H groups in total. The van der Waals surface area contributed by atoms with Crippen molar-refractivity contribution in [3.8, 4) is 17.6 Å². The van der Waals surface area contributed by atoms with Gasteiger partial charge in [-0.2, -0.15) is 5.26 Å². The Bertz CT molecular complexity index is 1050. The number of rotatable bonds is 5. The summed E-state index contributed by atoms with van der Waals surface area (Å²) in [4.78, 5) is 33.1. The lowest BCUT2D eigenvalue weighted by Crippen LogP contribution is -2.38. The molecular weight excluding hydrogens is 424 g/mol. The van der Waals surface area contributed by atoms with Crippen LogP contribution in [0, 0.1) is 11.3 Å². The number of anilines is 2. The molecule has 3 amide bonds. The number of ether oxygens (including phenoxy) is 2. The highest BCUT2D eigenvalue weighted by Crippen LogP contribution is 2.32. The molecule has 0 aliphatic carbocycles. The van der Waals surface area contributed by atoms with E-state index in [1.165, 1.54) is 0 Å². The molecule has 0 saturated carbocycles. The molecule has 10 nitrogen and oxygen atoms in total. The van der Waals surface area contributed by atoms with E-state index in [-0.39, 0.29) is 12.3 Å². The molecule has 1 saturated heterocycles. The molecule has 3 heterocycles. The zero-order valence-electron chi connectivity index (χ0n) is 18.2. The van der Waals surface area contributed by atoms with Gasteiger partial charge in [0, 0.05) is 50.6 Å². The van der Waals surface area contributed by atoms with Crippen LogP contribution in [-0.2, 0) is 4.79 Å². The summed E-state index contributed by atoms with van der Waals surface area (Å²) in [6.07, 6.45) is 2.80. The van der Waals surface area contributed by atoms with Crippen molar-refractivity contribution >= 4 is 23.4 Å². The van der Waals surface area contributed by atoms with Crippen LogP contribution in [0.1, 0.15) is 18.4 Å². The molecular formula is C23H26N6O4. The fourth-order valence-corrected chi connectivity index (χ4v) is 3.87. The van der Waals surface area contributed by atoms with Gasteiger partial charge in [0.25, 0.3) is 0 Å². The van der Waals surface area contributed by atoms with Gasteiger partial charge in [-0.15, -0.1) is 0 Å². The zero-order valence-corrected chi connectivity index (χ0v) is 18.2. The lowest BCUT2D eigenvalue weighted by molar-refractivity contribution is -0.120. The Morgan fingerprint density at radius 3 is 2.79 bits per heavy atom. The number of hydrogen-bond acceptors (Lipinski definition) is 8. The number of carbonyl (C=O) groups excluding carboxylic acids is 2. The number of benzene rings is 1. The second-order valence-electron chi connectivity index (χ2n) is 7.78. The maximum atomic E-state index is 12.3. The number of urea groups is 1. The molecule has 0 atom stereocenters. The summed E-state index contributed by atoms with van der Waals surface area (Å²) >= 11 is 0. The number of pyridine rings is 1. The first-order valence-electron chi connectivity index (χ1n) is 11.0. The van der Waals surface area contributed by atoms with Crippen LogP contribution in [0.3, 0.4) is 0 Å². The number of hydrogen-bond donors (Lipinski definition) is 2. The van der Waals surface area contributed by atoms with Gasteiger partial charge in [0.15, 0.2) is 11.5 Å². The van der Waals surface area contributed by atoms with Crippen LogP contribution < -0.4 is 25.0 Å². The lowest BCUT2D eigenvalue weighted by atomic mass is 10.2. The minimum absolute atomic E-state index is 0.210. The second-order valence-corrected chi connectivity index (χ2v) is 7.78. The van der Waals surface area contributed by atoms with Gasteiger partial charge in [-0.1, -0.05) is 0 Å². The van der Waals surface area contributed by atoms with E-state index in [0.29, 0.717) is 48.3 Å². The molecule has 0 radical (unpaired) electrons.